The summed E-state index contributed by atoms with van der Waals surface area (Å²) in [6, 6.07) is 8.23. The van der Waals surface area contributed by atoms with Crippen molar-refractivity contribution in [2.24, 2.45) is 10.1 Å². The Kier molecular flexibility index (Phi) is 8.44. The van der Waals surface area contributed by atoms with Gasteiger partial charge >= 0.3 is 6.18 Å². The molecule has 0 aliphatic rings. The van der Waals surface area contributed by atoms with E-state index in [9.17, 15) is 18.0 Å². The van der Waals surface area contributed by atoms with Crippen LogP contribution in [-0.2, 0) is 18.1 Å². The van der Waals surface area contributed by atoms with Crippen LogP contribution in [0.4, 0.5) is 18.9 Å². The minimum absolute atomic E-state index is 0.0984. The molecule has 0 radical (unpaired) electrons. The van der Waals surface area contributed by atoms with E-state index < -0.39 is 17.6 Å². The zero-order valence-electron chi connectivity index (χ0n) is 20.8. The number of carbonyl (C=O) groups is 1. The number of aryl methyl sites for hydroxylation is 2. The van der Waals surface area contributed by atoms with Gasteiger partial charge < -0.3 is 0 Å². The Morgan fingerprint density at radius 2 is 1.94 bits per heavy atom. The molecule has 2 aromatic heterocycles. The molecule has 11 heteroatoms. The van der Waals surface area contributed by atoms with Crippen LogP contribution in [0.15, 0.2) is 46.5 Å². The molecule has 0 fully saturated rings. The Bertz CT molecular complexity index is 1320. The first-order valence-corrected chi connectivity index (χ1v) is 12.3. The normalized spacial score (nSPS) is 12.9. The van der Waals surface area contributed by atoms with Crippen LogP contribution < -0.4 is 10.2 Å². The van der Waals surface area contributed by atoms with E-state index in [1.165, 1.54) is 23.6 Å². The number of alkyl halides is 3. The highest BCUT2D eigenvalue weighted by Crippen LogP contribution is 2.32. The summed E-state index contributed by atoms with van der Waals surface area (Å²) in [6.07, 6.45) is -1.45. The number of pyridine rings is 1. The maximum atomic E-state index is 13.4. The highest BCUT2D eigenvalue weighted by molar-refractivity contribution is 7.09. The number of hydrogen-bond acceptors (Lipinski definition) is 6. The molecular weight excluding hydrogens is 489 g/mol. The van der Waals surface area contributed by atoms with Crippen LogP contribution in [0.1, 0.15) is 72.9 Å². The molecule has 0 spiro atoms. The number of carbonyl (C=O) groups excluding carboxylic acids is 1. The molecular formula is C25H29F3N6OS. The number of nitrogens with zero attached hydrogens (tertiary/aromatic N) is 5. The number of hydrogen-bond donors (Lipinski definition) is 1. The summed E-state index contributed by atoms with van der Waals surface area (Å²) in [7, 11) is 0. The van der Waals surface area contributed by atoms with Gasteiger partial charge in [0.25, 0.3) is 5.91 Å². The number of unbranched alkanes of at least 4 members (excludes halogenated alkanes) is 1. The fourth-order valence-electron chi connectivity index (χ4n) is 3.10. The number of benzene rings is 1. The van der Waals surface area contributed by atoms with E-state index in [1.54, 1.807) is 10.7 Å². The second-order valence-corrected chi connectivity index (χ2v) is 10.2. The molecule has 3 aromatic rings. The van der Waals surface area contributed by atoms with Gasteiger partial charge in [-0.3, -0.25) is 15.2 Å². The van der Waals surface area contributed by atoms with E-state index in [0.717, 1.165) is 35.7 Å². The van der Waals surface area contributed by atoms with E-state index in [-0.39, 0.29) is 16.7 Å². The van der Waals surface area contributed by atoms with Crippen LogP contribution in [0.3, 0.4) is 0 Å². The summed E-state index contributed by atoms with van der Waals surface area (Å²) in [5.41, 5.74) is 2.65. The van der Waals surface area contributed by atoms with Gasteiger partial charge in [0, 0.05) is 17.7 Å². The molecule has 0 aliphatic heterocycles. The zero-order chi connectivity index (χ0) is 26.5. The molecule has 0 atom stereocenters. The Morgan fingerprint density at radius 3 is 2.58 bits per heavy atom. The first-order chi connectivity index (χ1) is 16.9. The van der Waals surface area contributed by atoms with Crippen molar-refractivity contribution in [3.05, 3.63) is 68.7 Å². The zero-order valence-corrected chi connectivity index (χ0v) is 21.7. The number of nitrogens with one attached hydrogen (secondary N) is 1. The monoisotopic (exact) mass is 518 g/mol. The van der Waals surface area contributed by atoms with E-state index in [2.05, 4.69) is 25.6 Å². The van der Waals surface area contributed by atoms with Crippen LogP contribution >= 0.6 is 11.3 Å². The largest absolute Gasteiger partial charge is 0.416 e. The molecule has 2 heterocycles. The molecule has 7 nitrogen and oxygen atoms in total. The minimum atomic E-state index is -4.62. The molecule has 0 saturated heterocycles. The number of rotatable bonds is 7. The molecule has 0 unspecified atom stereocenters. The number of amides is 1. The third-order valence-electron chi connectivity index (χ3n) is 5.05. The molecule has 0 bridgehead atoms. The topological polar surface area (TPSA) is 84.5 Å². The minimum Gasteiger partial charge on any atom is -0.278 e. The van der Waals surface area contributed by atoms with E-state index in [1.807, 2.05) is 46.8 Å². The number of halogens is 3. The van der Waals surface area contributed by atoms with Gasteiger partial charge in [0.2, 0.25) is 4.80 Å². The molecule has 3 rings (SSSR count). The van der Waals surface area contributed by atoms with Crippen LogP contribution in [0.5, 0.6) is 0 Å². The number of hydrazone groups is 1. The van der Waals surface area contributed by atoms with Gasteiger partial charge in [-0.15, -0.1) is 0 Å². The van der Waals surface area contributed by atoms with Crippen molar-refractivity contribution in [2.45, 2.75) is 65.6 Å². The Balaban J connectivity index is 2.03. The summed E-state index contributed by atoms with van der Waals surface area (Å²) in [5, 5.41) is 9.44. The summed E-state index contributed by atoms with van der Waals surface area (Å²) >= 11 is 1.26. The lowest BCUT2D eigenvalue weighted by molar-refractivity contribution is -0.137. The molecule has 36 heavy (non-hydrogen) atoms. The van der Waals surface area contributed by atoms with E-state index in [0.29, 0.717) is 17.0 Å². The quantitative estimate of drug-likeness (QED) is 0.309. The maximum Gasteiger partial charge on any atom is 0.416 e. The second kappa shape index (κ2) is 11.2. The molecule has 1 N–H and O–H groups in total. The average molecular weight is 519 g/mol. The lowest BCUT2D eigenvalue weighted by Gasteiger charge is -2.12. The average Bonchev–Trinajstić information content (AvgIpc) is 3.20. The fourth-order valence-corrected chi connectivity index (χ4v) is 4.08. The Hall–Kier alpha value is -3.34. The maximum absolute atomic E-state index is 13.4. The van der Waals surface area contributed by atoms with Gasteiger partial charge in [0.05, 0.1) is 28.7 Å². The van der Waals surface area contributed by atoms with Gasteiger partial charge in [-0.2, -0.15) is 28.4 Å². The van der Waals surface area contributed by atoms with E-state index >= 15 is 0 Å². The van der Waals surface area contributed by atoms with Gasteiger partial charge in [-0.1, -0.05) is 51.5 Å². The SMILES string of the molecule is CCCCn1nc(C(C)(C)C)sc1=NC(=O)c1cc(C(F)(F)F)ccc1N/N=C/c1cccc(C)n1. The molecule has 0 saturated carbocycles. The first-order valence-electron chi connectivity index (χ1n) is 11.5. The van der Waals surface area contributed by atoms with Crippen molar-refractivity contribution in [2.75, 3.05) is 5.43 Å². The Labute approximate surface area is 211 Å². The summed E-state index contributed by atoms with van der Waals surface area (Å²) in [6.45, 7) is 10.4. The first kappa shape index (κ1) is 27.3. The summed E-state index contributed by atoms with van der Waals surface area (Å²) in [4.78, 5) is 22.0. The number of anilines is 1. The van der Waals surface area contributed by atoms with E-state index in [4.69, 9.17) is 0 Å². The van der Waals surface area contributed by atoms with Crippen molar-refractivity contribution < 1.29 is 18.0 Å². The highest BCUT2D eigenvalue weighted by atomic mass is 32.1. The lowest BCUT2D eigenvalue weighted by atomic mass is 9.98. The molecule has 192 valence electrons. The number of aromatic nitrogens is 3. The predicted molar refractivity (Wildman–Crippen MR) is 135 cm³/mol. The van der Waals surface area contributed by atoms with Crippen molar-refractivity contribution >= 4 is 29.1 Å². The van der Waals surface area contributed by atoms with Crippen LogP contribution in [0.2, 0.25) is 0 Å². The van der Waals surface area contributed by atoms with Crippen molar-refractivity contribution in [3.63, 3.8) is 0 Å². The lowest BCUT2D eigenvalue weighted by Crippen LogP contribution is -2.19. The third kappa shape index (κ3) is 7.09. The van der Waals surface area contributed by atoms with Crippen LogP contribution in [0.25, 0.3) is 0 Å². The van der Waals surface area contributed by atoms with Gasteiger partial charge in [0.1, 0.15) is 5.01 Å². The highest BCUT2D eigenvalue weighted by Gasteiger charge is 2.32. The van der Waals surface area contributed by atoms with Gasteiger partial charge in [-0.25, -0.2) is 4.68 Å². The van der Waals surface area contributed by atoms with Crippen LogP contribution in [0, 0.1) is 6.92 Å². The van der Waals surface area contributed by atoms with Crippen molar-refractivity contribution in [1.82, 2.24) is 14.8 Å². The fraction of sp³-hybridized carbons (Fsp3) is 0.400. The third-order valence-corrected chi connectivity index (χ3v) is 6.42. The van der Waals surface area contributed by atoms with Gasteiger partial charge in [0.15, 0.2) is 0 Å². The smallest absolute Gasteiger partial charge is 0.278 e. The molecule has 1 amide bonds. The molecule has 1 aromatic carbocycles. The second-order valence-electron chi connectivity index (χ2n) is 9.27. The van der Waals surface area contributed by atoms with Crippen molar-refractivity contribution in [3.8, 4) is 0 Å². The molecule has 0 aliphatic carbocycles. The summed E-state index contributed by atoms with van der Waals surface area (Å²) in [5.74, 6) is -0.818. The summed E-state index contributed by atoms with van der Waals surface area (Å²) < 4.78 is 41.9. The predicted octanol–water partition coefficient (Wildman–Crippen LogP) is 5.95. The van der Waals surface area contributed by atoms with Crippen LogP contribution in [-0.4, -0.2) is 26.9 Å². The standard InChI is InChI=1S/C25H29F3N6OS/c1-6-7-13-34-23(36-22(33-34)24(3,4)5)31-21(35)19-14-17(25(26,27)28)11-12-20(19)32-29-15-18-10-8-9-16(2)30-18/h8-12,14-15,32H,6-7,13H2,1-5H3/b29-15+,31-23?. The Morgan fingerprint density at radius 1 is 1.19 bits per heavy atom. The van der Waals surface area contributed by atoms with Crippen molar-refractivity contribution in [1.29, 1.82) is 0 Å². The van der Waals surface area contributed by atoms with Gasteiger partial charge in [-0.05, 0) is 43.7 Å².